The molecule has 20 heavy (non-hydrogen) atoms. The van der Waals surface area contributed by atoms with Crippen molar-refractivity contribution in [2.45, 2.75) is 21.7 Å². The van der Waals surface area contributed by atoms with Gasteiger partial charge in [0.2, 0.25) is 0 Å². The number of esters is 1. The quantitative estimate of drug-likeness (QED) is 0.455. The average Bonchev–Trinajstić information content (AvgIpc) is 2.93. The summed E-state index contributed by atoms with van der Waals surface area (Å²) < 4.78 is 5.68. The van der Waals surface area contributed by atoms with Crippen LogP contribution < -0.4 is 0 Å². The maximum absolute atomic E-state index is 11.4. The minimum Gasteiger partial charge on any atom is -0.461 e. The zero-order valence-electron chi connectivity index (χ0n) is 11.6. The standard InChI is InChI=1S/C15H18O2S3/c1-10(2)14(16)17-8-13-9-19-15(20-13)11-4-6-12(18-3)7-5-11/h4-7,13,15H,1,8-9H2,2-3H3. The maximum Gasteiger partial charge on any atom is 0.333 e. The Balaban J connectivity index is 1.85. The van der Waals surface area contributed by atoms with Gasteiger partial charge in [-0.1, -0.05) is 18.7 Å². The van der Waals surface area contributed by atoms with E-state index in [9.17, 15) is 4.79 Å². The van der Waals surface area contributed by atoms with Crippen molar-refractivity contribution in [1.29, 1.82) is 0 Å². The molecule has 0 aliphatic carbocycles. The van der Waals surface area contributed by atoms with Gasteiger partial charge < -0.3 is 4.74 Å². The molecule has 1 aromatic rings. The van der Waals surface area contributed by atoms with Crippen LogP contribution in [0, 0.1) is 0 Å². The smallest absolute Gasteiger partial charge is 0.333 e. The van der Waals surface area contributed by atoms with Gasteiger partial charge in [0.15, 0.2) is 0 Å². The van der Waals surface area contributed by atoms with Crippen molar-refractivity contribution in [1.82, 2.24) is 0 Å². The minimum atomic E-state index is -0.289. The summed E-state index contributed by atoms with van der Waals surface area (Å²) in [5.41, 5.74) is 1.80. The van der Waals surface area contributed by atoms with Crippen LogP contribution in [0.5, 0.6) is 0 Å². The van der Waals surface area contributed by atoms with Crippen LogP contribution in [-0.2, 0) is 9.53 Å². The van der Waals surface area contributed by atoms with Gasteiger partial charge in [-0.2, -0.15) is 0 Å². The molecule has 1 aromatic carbocycles. The van der Waals surface area contributed by atoms with Crippen molar-refractivity contribution in [3.63, 3.8) is 0 Å². The molecule has 1 aliphatic heterocycles. The van der Waals surface area contributed by atoms with Gasteiger partial charge in [0.05, 0.1) is 4.58 Å². The molecule has 0 N–H and O–H groups in total. The molecule has 108 valence electrons. The normalized spacial score (nSPS) is 21.7. The van der Waals surface area contributed by atoms with Gasteiger partial charge in [-0.25, -0.2) is 4.79 Å². The number of thioether (sulfide) groups is 3. The Bertz CT molecular complexity index is 484. The predicted molar refractivity (Wildman–Crippen MR) is 90.6 cm³/mol. The third-order valence-corrected chi connectivity index (χ3v) is 6.96. The summed E-state index contributed by atoms with van der Waals surface area (Å²) in [5, 5.41) is 0.369. The fraction of sp³-hybridized carbons (Fsp3) is 0.400. The largest absolute Gasteiger partial charge is 0.461 e. The van der Waals surface area contributed by atoms with Gasteiger partial charge in [-0.3, -0.25) is 0 Å². The van der Waals surface area contributed by atoms with Gasteiger partial charge in [-0.15, -0.1) is 35.3 Å². The van der Waals surface area contributed by atoms with E-state index in [0.29, 0.717) is 22.0 Å². The van der Waals surface area contributed by atoms with Crippen LogP contribution in [-0.4, -0.2) is 29.8 Å². The Kier molecular flexibility index (Phi) is 5.93. The number of benzene rings is 1. The van der Waals surface area contributed by atoms with E-state index >= 15 is 0 Å². The number of carbonyl (C=O) groups excluding carboxylic acids is 1. The molecule has 1 fully saturated rings. The topological polar surface area (TPSA) is 26.3 Å². The second kappa shape index (κ2) is 7.48. The Morgan fingerprint density at radius 1 is 1.45 bits per heavy atom. The van der Waals surface area contributed by atoms with Crippen molar-refractivity contribution < 1.29 is 9.53 Å². The van der Waals surface area contributed by atoms with Crippen LogP contribution in [0.2, 0.25) is 0 Å². The molecule has 2 rings (SSSR count). The SMILES string of the molecule is C=C(C)C(=O)OCC1CSC(c2ccc(SC)cc2)S1. The van der Waals surface area contributed by atoms with E-state index in [2.05, 4.69) is 37.1 Å². The monoisotopic (exact) mass is 326 g/mol. The van der Waals surface area contributed by atoms with E-state index in [1.807, 2.05) is 23.5 Å². The molecule has 0 amide bonds. The lowest BCUT2D eigenvalue weighted by Gasteiger charge is -2.11. The lowest BCUT2D eigenvalue weighted by atomic mass is 10.2. The second-order valence-electron chi connectivity index (χ2n) is 4.58. The van der Waals surface area contributed by atoms with Crippen molar-refractivity contribution in [3.8, 4) is 0 Å². The first-order chi connectivity index (χ1) is 9.60. The van der Waals surface area contributed by atoms with Gasteiger partial charge in [0.1, 0.15) is 6.61 Å². The van der Waals surface area contributed by atoms with Gasteiger partial charge in [0, 0.05) is 21.5 Å². The lowest BCUT2D eigenvalue weighted by Crippen LogP contribution is -2.16. The van der Waals surface area contributed by atoms with E-state index in [1.54, 1.807) is 18.7 Å². The van der Waals surface area contributed by atoms with Crippen LogP contribution in [0.25, 0.3) is 0 Å². The van der Waals surface area contributed by atoms with Crippen molar-refractivity contribution in [2.24, 2.45) is 0 Å². The van der Waals surface area contributed by atoms with Crippen LogP contribution in [0.3, 0.4) is 0 Å². The van der Waals surface area contributed by atoms with Crippen LogP contribution in [0.4, 0.5) is 0 Å². The average molecular weight is 327 g/mol. The molecule has 2 atom stereocenters. The fourth-order valence-corrected chi connectivity index (χ4v) is 5.39. The number of carbonyl (C=O) groups is 1. The number of ether oxygens (including phenoxy) is 1. The molecule has 2 unspecified atom stereocenters. The van der Waals surface area contributed by atoms with Crippen LogP contribution >= 0.6 is 35.3 Å². The Hall–Kier alpha value is -0.520. The minimum absolute atomic E-state index is 0.289. The van der Waals surface area contributed by atoms with E-state index < -0.39 is 0 Å². The zero-order valence-corrected chi connectivity index (χ0v) is 14.1. The molecule has 0 spiro atoms. The number of rotatable bonds is 5. The molecular formula is C15H18O2S3. The van der Waals surface area contributed by atoms with E-state index in [1.165, 1.54) is 10.5 Å². The first-order valence-corrected chi connectivity index (χ1v) is 9.55. The van der Waals surface area contributed by atoms with Crippen molar-refractivity contribution >= 4 is 41.3 Å². The predicted octanol–water partition coefficient (Wildman–Crippen LogP) is 4.38. The molecular weight excluding hydrogens is 308 g/mol. The number of hydrogen-bond donors (Lipinski definition) is 0. The third-order valence-electron chi connectivity index (χ3n) is 2.89. The first-order valence-electron chi connectivity index (χ1n) is 6.34. The second-order valence-corrected chi connectivity index (χ2v) is 8.30. The highest BCUT2D eigenvalue weighted by molar-refractivity contribution is 8.19. The van der Waals surface area contributed by atoms with E-state index in [0.717, 1.165) is 5.75 Å². The summed E-state index contributed by atoms with van der Waals surface area (Å²) in [6.45, 7) is 5.74. The van der Waals surface area contributed by atoms with Crippen molar-refractivity contribution in [3.05, 3.63) is 42.0 Å². The Morgan fingerprint density at radius 2 is 2.15 bits per heavy atom. The summed E-state index contributed by atoms with van der Waals surface area (Å²) in [6, 6.07) is 8.71. The molecule has 0 aromatic heterocycles. The highest BCUT2D eigenvalue weighted by atomic mass is 32.2. The van der Waals surface area contributed by atoms with Crippen LogP contribution in [0.15, 0.2) is 41.3 Å². The van der Waals surface area contributed by atoms with Crippen molar-refractivity contribution in [2.75, 3.05) is 18.6 Å². The summed E-state index contributed by atoms with van der Waals surface area (Å²) in [7, 11) is 0. The molecule has 2 nitrogen and oxygen atoms in total. The highest BCUT2D eigenvalue weighted by Crippen LogP contribution is 2.49. The molecule has 1 heterocycles. The third kappa shape index (κ3) is 4.24. The molecule has 1 saturated heterocycles. The Labute approximate surface area is 133 Å². The Morgan fingerprint density at radius 3 is 2.75 bits per heavy atom. The summed E-state index contributed by atoms with van der Waals surface area (Å²) in [4.78, 5) is 12.7. The highest BCUT2D eigenvalue weighted by Gasteiger charge is 2.28. The zero-order chi connectivity index (χ0) is 14.5. The summed E-state index contributed by atoms with van der Waals surface area (Å²) in [5.74, 6) is 0.728. The number of hydrogen-bond acceptors (Lipinski definition) is 5. The van der Waals surface area contributed by atoms with Gasteiger partial charge >= 0.3 is 5.97 Å². The summed E-state index contributed by atoms with van der Waals surface area (Å²) >= 11 is 5.55. The summed E-state index contributed by atoms with van der Waals surface area (Å²) in [6.07, 6.45) is 2.08. The molecule has 0 saturated carbocycles. The van der Waals surface area contributed by atoms with E-state index in [-0.39, 0.29) is 5.97 Å². The fourth-order valence-electron chi connectivity index (χ4n) is 1.76. The van der Waals surface area contributed by atoms with Gasteiger partial charge in [0.25, 0.3) is 0 Å². The van der Waals surface area contributed by atoms with E-state index in [4.69, 9.17) is 4.74 Å². The molecule has 0 bridgehead atoms. The molecule has 0 radical (unpaired) electrons. The molecule has 5 heteroatoms. The van der Waals surface area contributed by atoms with Crippen LogP contribution in [0.1, 0.15) is 17.1 Å². The first kappa shape index (κ1) is 15.9. The maximum atomic E-state index is 11.4. The lowest BCUT2D eigenvalue weighted by molar-refractivity contribution is -0.138. The molecule has 1 aliphatic rings. The van der Waals surface area contributed by atoms with Gasteiger partial charge in [-0.05, 0) is 30.9 Å².